The second kappa shape index (κ2) is 8.56. The molecule has 3 heterocycles. The van der Waals surface area contributed by atoms with Crippen LogP contribution in [0.15, 0.2) is 51.9 Å². The molecule has 2 N–H and O–H groups in total. The van der Waals surface area contributed by atoms with Crippen molar-refractivity contribution < 1.29 is 18.5 Å². The summed E-state index contributed by atoms with van der Waals surface area (Å²) in [5, 5.41) is 9.17. The van der Waals surface area contributed by atoms with Crippen LogP contribution in [0.4, 0.5) is 5.69 Å². The number of rotatable bonds is 8. The van der Waals surface area contributed by atoms with Gasteiger partial charge in [-0.3, -0.25) is 14.6 Å². The monoisotopic (exact) mass is 355 g/mol. The highest BCUT2D eigenvalue weighted by Crippen LogP contribution is 2.16. The minimum atomic E-state index is -0.197. The van der Waals surface area contributed by atoms with Crippen molar-refractivity contribution in [2.45, 2.75) is 19.3 Å². The van der Waals surface area contributed by atoms with Crippen molar-refractivity contribution in [3.63, 3.8) is 0 Å². The van der Waals surface area contributed by atoms with E-state index in [2.05, 4.69) is 25.8 Å². The number of furan rings is 1. The minimum Gasteiger partial charge on any atom is -0.461 e. The molecule has 3 rings (SSSR count). The molecule has 0 aromatic carbocycles. The predicted octanol–water partition coefficient (Wildman–Crippen LogP) is 1.80. The van der Waals surface area contributed by atoms with Gasteiger partial charge in [0.25, 0.3) is 0 Å². The number of nitrogens with one attached hydrogen (secondary N) is 2. The Morgan fingerprint density at radius 2 is 2.04 bits per heavy atom. The molecule has 0 aliphatic carbocycles. The highest BCUT2D eigenvalue weighted by atomic mass is 16.5. The first-order chi connectivity index (χ1) is 12.7. The smallest absolute Gasteiger partial charge is 0.238 e. The Morgan fingerprint density at radius 1 is 1.12 bits per heavy atom. The Bertz CT molecular complexity index is 845. The van der Waals surface area contributed by atoms with Gasteiger partial charge < -0.3 is 19.6 Å². The first-order valence-electron chi connectivity index (χ1n) is 8.04. The first-order valence-corrected chi connectivity index (χ1v) is 8.04. The van der Waals surface area contributed by atoms with Crippen LogP contribution < -0.4 is 10.6 Å². The van der Waals surface area contributed by atoms with Gasteiger partial charge in [-0.2, -0.15) is 4.98 Å². The fourth-order valence-corrected chi connectivity index (χ4v) is 2.15. The van der Waals surface area contributed by atoms with Gasteiger partial charge in [-0.15, -0.1) is 0 Å². The molecule has 2 amide bonds. The number of hydrogen-bond donors (Lipinski definition) is 2. The summed E-state index contributed by atoms with van der Waals surface area (Å²) in [5.41, 5.74) is 0.618. The molecular weight excluding hydrogens is 338 g/mol. The first kappa shape index (κ1) is 17.3. The van der Waals surface area contributed by atoms with Crippen LogP contribution in [0, 0.1) is 0 Å². The zero-order chi connectivity index (χ0) is 18.2. The SMILES string of the molecule is O=C(CCc1nc(-c2ccco2)no1)NCCC(=O)Nc1cccnc1. The van der Waals surface area contributed by atoms with Crippen LogP contribution >= 0.6 is 0 Å². The lowest BCUT2D eigenvalue weighted by Crippen LogP contribution is -2.27. The summed E-state index contributed by atoms with van der Waals surface area (Å²) in [6, 6.07) is 6.91. The van der Waals surface area contributed by atoms with E-state index < -0.39 is 0 Å². The van der Waals surface area contributed by atoms with Crippen LogP contribution in [0.3, 0.4) is 0 Å². The number of hydrogen-bond acceptors (Lipinski definition) is 7. The lowest BCUT2D eigenvalue weighted by molar-refractivity contribution is -0.121. The zero-order valence-electron chi connectivity index (χ0n) is 13.8. The number of pyridine rings is 1. The van der Waals surface area contributed by atoms with Crippen LogP contribution in [0.5, 0.6) is 0 Å². The molecule has 3 aromatic heterocycles. The highest BCUT2D eigenvalue weighted by molar-refractivity contribution is 5.90. The summed E-state index contributed by atoms with van der Waals surface area (Å²) in [7, 11) is 0. The van der Waals surface area contributed by atoms with E-state index in [4.69, 9.17) is 8.94 Å². The van der Waals surface area contributed by atoms with E-state index in [1.165, 1.54) is 6.26 Å². The van der Waals surface area contributed by atoms with Crippen LogP contribution in [-0.4, -0.2) is 33.5 Å². The summed E-state index contributed by atoms with van der Waals surface area (Å²) >= 11 is 0. The van der Waals surface area contributed by atoms with Gasteiger partial charge in [0.2, 0.25) is 23.5 Å². The zero-order valence-corrected chi connectivity index (χ0v) is 13.8. The van der Waals surface area contributed by atoms with E-state index in [1.807, 2.05) is 0 Å². The standard InChI is InChI=1S/C17H17N5O4/c23-14(19-9-7-15(24)20-12-3-1-8-18-11-12)5-6-16-21-17(22-26-16)13-4-2-10-25-13/h1-4,8,10-11H,5-7,9H2,(H,19,23)(H,20,24). The van der Waals surface area contributed by atoms with Crippen LogP contribution in [0.25, 0.3) is 11.6 Å². The summed E-state index contributed by atoms with van der Waals surface area (Å²) < 4.78 is 10.2. The van der Waals surface area contributed by atoms with Crippen molar-refractivity contribution in [2.24, 2.45) is 0 Å². The Morgan fingerprint density at radius 3 is 2.81 bits per heavy atom. The maximum absolute atomic E-state index is 11.8. The molecule has 0 radical (unpaired) electrons. The minimum absolute atomic E-state index is 0.170. The van der Waals surface area contributed by atoms with E-state index >= 15 is 0 Å². The molecule has 0 aliphatic rings. The van der Waals surface area contributed by atoms with Crippen LogP contribution in [0.2, 0.25) is 0 Å². The quantitative estimate of drug-likeness (QED) is 0.631. The van der Waals surface area contributed by atoms with E-state index in [0.717, 1.165) is 0 Å². The molecular formula is C17H17N5O4. The molecule has 26 heavy (non-hydrogen) atoms. The lowest BCUT2D eigenvalue weighted by Gasteiger charge is -2.05. The second-order valence-electron chi connectivity index (χ2n) is 5.38. The van der Waals surface area contributed by atoms with Gasteiger partial charge in [-0.1, -0.05) is 5.16 Å². The van der Waals surface area contributed by atoms with Gasteiger partial charge in [0.05, 0.1) is 18.1 Å². The number of amides is 2. The highest BCUT2D eigenvalue weighted by Gasteiger charge is 2.12. The molecule has 0 saturated carbocycles. The Labute approximate surface area is 148 Å². The molecule has 134 valence electrons. The number of aryl methyl sites for hydroxylation is 1. The van der Waals surface area contributed by atoms with Crippen molar-refractivity contribution in [2.75, 3.05) is 11.9 Å². The molecule has 0 fully saturated rings. The van der Waals surface area contributed by atoms with E-state index in [0.29, 0.717) is 29.6 Å². The maximum atomic E-state index is 11.8. The van der Waals surface area contributed by atoms with Crippen molar-refractivity contribution in [1.82, 2.24) is 20.4 Å². The topological polar surface area (TPSA) is 123 Å². The van der Waals surface area contributed by atoms with Crippen molar-refractivity contribution in [3.8, 4) is 11.6 Å². The van der Waals surface area contributed by atoms with Crippen molar-refractivity contribution >= 4 is 17.5 Å². The predicted molar refractivity (Wildman–Crippen MR) is 90.8 cm³/mol. The van der Waals surface area contributed by atoms with Crippen molar-refractivity contribution in [1.29, 1.82) is 0 Å². The molecule has 0 atom stereocenters. The van der Waals surface area contributed by atoms with Gasteiger partial charge in [-0.05, 0) is 24.3 Å². The number of anilines is 1. The van der Waals surface area contributed by atoms with Gasteiger partial charge >= 0.3 is 0 Å². The van der Waals surface area contributed by atoms with Gasteiger partial charge in [0, 0.05) is 32.0 Å². The van der Waals surface area contributed by atoms with Gasteiger partial charge in [0.15, 0.2) is 5.76 Å². The largest absolute Gasteiger partial charge is 0.461 e. The Balaban J connectivity index is 1.35. The molecule has 0 spiro atoms. The normalized spacial score (nSPS) is 10.5. The average molecular weight is 355 g/mol. The third-order valence-electron chi connectivity index (χ3n) is 3.40. The maximum Gasteiger partial charge on any atom is 0.238 e. The summed E-state index contributed by atoms with van der Waals surface area (Å²) in [4.78, 5) is 31.7. The summed E-state index contributed by atoms with van der Waals surface area (Å²) in [6.45, 7) is 0.242. The van der Waals surface area contributed by atoms with E-state index in [-0.39, 0.29) is 31.2 Å². The molecule has 0 unspecified atom stereocenters. The molecule has 3 aromatic rings. The molecule has 0 bridgehead atoms. The number of carbonyl (C=O) groups excluding carboxylic acids is 2. The van der Waals surface area contributed by atoms with E-state index in [9.17, 15) is 9.59 Å². The van der Waals surface area contributed by atoms with E-state index in [1.54, 1.807) is 36.7 Å². The number of aromatic nitrogens is 3. The molecule has 9 heteroatoms. The third-order valence-corrected chi connectivity index (χ3v) is 3.40. The Hall–Kier alpha value is -3.49. The molecule has 9 nitrogen and oxygen atoms in total. The fourth-order valence-electron chi connectivity index (χ4n) is 2.15. The average Bonchev–Trinajstić information content (AvgIpc) is 3.32. The van der Waals surface area contributed by atoms with Crippen molar-refractivity contribution in [3.05, 3.63) is 48.8 Å². The van der Waals surface area contributed by atoms with Gasteiger partial charge in [-0.25, -0.2) is 0 Å². The summed E-state index contributed by atoms with van der Waals surface area (Å²) in [5.74, 6) is 0.803. The summed E-state index contributed by atoms with van der Waals surface area (Å²) in [6.07, 6.45) is 5.35. The Kier molecular flexibility index (Phi) is 5.71. The second-order valence-corrected chi connectivity index (χ2v) is 5.38. The van der Waals surface area contributed by atoms with Gasteiger partial charge in [0.1, 0.15) is 0 Å². The number of nitrogens with zero attached hydrogens (tertiary/aromatic N) is 3. The fraction of sp³-hybridized carbons (Fsp3) is 0.235. The van der Waals surface area contributed by atoms with Crippen LogP contribution in [0.1, 0.15) is 18.7 Å². The lowest BCUT2D eigenvalue weighted by atomic mass is 10.3. The number of carbonyl (C=O) groups is 2. The van der Waals surface area contributed by atoms with Crippen LogP contribution in [-0.2, 0) is 16.0 Å². The molecule has 0 saturated heterocycles. The third kappa shape index (κ3) is 5.00. The molecule has 0 aliphatic heterocycles.